The van der Waals surface area contributed by atoms with E-state index in [1.165, 1.54) is 17.0 Å². The van der Waals surface area contributed by atoms with Gasteiger partial charge in [-0.3, -0.25) is 4.79 Å². The molecule has 1 heterocycles. The van der Waals surface area contributed by atoms with Crippen LogP contribution in [0.2, 0.25) is 0 Å². The zero-order chi connectivity index (χ0) is 14.9. The molecule has 0 aliphatic carbocycles. The summed E-state index contributed by atoms with van der Waals surface area (Å²) in [7, 11) is 0. The first kappa shape index (κ1) is 14.4. The molecule has 1 saturated heterocycles. The Bertz CT molecular complexity index is 575. The van der Waals surface area contributed by atoms with Gasteiger partial charge in [-0.25, -0.2) is 0 Å². The lowest BCUT2D eigenvalue weighted by Gasteiger charge is -2.25. The fourth-order valence-corrected chi connectivity index (χ4v) is 2.50. The molecule has 0 aromatic heterocycles. The van der Waals surface area contributed by atoms with Crippen molar-refractivity contribution in [2.45, 2.75) is 38.4 Å². The molecule has 20 heavy (non-hydrogen) atoms. The first-order chi connectivity index (χ1) is 9.38. The molecule has 2 rings (SSSR count). The highest BCUT2D eigenvalue weighted by Crippen LogP contribution is 2.36. The van der Waals surface area contributed by atoms with E-state index in [0.29, 0.717) is 19.3 Å². The highest BCUT2D eigenvalue weighted by Gasteiger charge is 2.36. The van der Waals surface area contributed by atoms with Gasteiger partial charge in [0.2, 0.25) is 5.91 Å². The zero-order valence-electron chi connectivity index (χ0n) is 10.9. The summed E-state index contributed by atoms with van der Waals surface area (Å²) in [6.45, 7) is 1.89. The van der Waals surface area contributed by atoms with Crippen molar-refractivity contribution in [2.24, 2.45) is 0 Å². The van der Waals surface area contributed by atoms with E-state index in [4.69, 9.17) is 5.26 Å². The fraction of sp³-hybridized carbons (Fsp3) is 0.429. The van der Waals surface area contributed by atoms with Crippen LogP contribution in [0.4, 0.5) is 18.9 Å². The highest BCUT2D eigenvalue weighted by atomic mass is 19.4. The Labute approximate surface area is 114 Å². The molecule has 0 N–H and O–H groups in total. The van der Waals surface area contributed by atoms with Gasteiger partial charge >= 0.3 is 6.18 Å². The van der Waals surface area contributed by atoms with Crippen molar-refractivity contribution in [1.82, 2.24) is 0 Å². The van der Waals surface area contributed by atoms with Crippen molar-refractivity contribution in [2.75, 3.05) is 4.90 Å². The molecule has 0 spiro atoms. The Kier molecular flexibility index (Phi) is 3.71. The number of anilines is 1. The van der Waals surface area contributed by atoms with E-state index in [1.807, 2.05) is 6.92 Å². The van der Waals surface area contributed by atoms with Crippen LogP contribution >= 0.6 is 0 Å². The molecule has 1 aromatic rings. The molecule has 1 aliphatic rings. The number of alkyl halides is 3. The molecule has 1 aromatic carbocycles. The molecule has 106 valence electrons. The van der Waals surface area contributed by atoms with Gasteiger partial charge in [0, 0.05) is 18.2 Å². The lowest BCUT2D eigenvalue weighted by atomic mass is 10.1. The summed E-state index contributed by atoms with van der Waals surface area (Å²) in [4.78, 5) is 13.3. The molecule has 6 heteroatoms. The highest BCUT2D eigenvalue weighted by molar-refractivity contribution is 5.96. The second-order valence-corrected chi connectivity index (χ2v) is 4.70. The zero-order valence-corrected chi connectivity index (χ0v) is 10.9. The minimum absolute atomic E-state index is 0.0727. The van der Waals surface area contributed by atoms with Crippen molar-refractivity contribution < 1.29 is 18.0 Å². The number of nitriles is 1. The average molecular weight is 282 g/mol. The minimum atomic E-state index is -4.61. The van der Waals surface area contributed by atoms with Crippen molar-refractivity contribution in [3.63, 3.8) is 0 Å². The maximum atomic E-state index is 12.9. The molecule has 1 fully saturated rings. The van der Waals surface area contributed by atoms with Crippen LogP contribution in [-0.2, 0) is 11.0 Å². The van der Waals surface area contributed by atoms with Crippen molar-refractivity contribution >= 4 is 11.6 Å². The maximum absolute atomic E-state index is 12.9. The van der Waals surface area contributed by atoms with E-state index in [0.717, 1.165) is 12.1 Å². The number of amides is 1. The third-order valence-corrected chi connectivity index (χ3v) is 3.50. The fourth-order valence-electron chi connectivity index (χ4n) is 2.50. The van der Waals surface area contributed by atoms with Crippen LogP contribution in [0, 0.1) is 11.3 Å². The predicted octanol–water partition coefficient (Wildman–Crippen LogP) is 3.48. The Balaban J connectivity index is 2.49. The van der Waals surface area contributed by atoms with Crippen LogP contribution in [0.15, 0.2) is 18.2 Å². The number of nitrogens with zero attached hydrogens (tertiary/aromatic N) is 2. The predicted molar refractivity (Wildman–Crippen MR) is 67.0 cm³/mol. The summed E-state index contributed by atoms with van der Waals surface area (Å²) in [5, 5.41) is 8.76. The van der Waals surface area contributed by atoms with E-state index in [1.54, 1.807) is 0 Å². The van der Waals surface area contributed by atoms with Gasteiger partial charge in [-0.15, -0.1) is 0 Å². The lowest BCUT2D eigenvalue weighted by Crippen LogP contribution is -2.32. The van der Waals surface area contributed by atoms with Crippen LogP contribution in [0.1, 0.15) is 37.3 Å². The monoisotopic (exact) mass is 282 g/mol. The largest absolute Gasteiger partial charge is 0.417 e. The SMILES string of the molecule is CCC1CCC(=O)N1c1ccc(C#N)c(C(F)(F)F)c1. The quantitative estimate of drug-likeness (QED) is 0.833. The molecule has 1 amide bonds. The Morgan fingerprint density at radius 1 is 1.45 bits per heavy atom. The van der Waals surface area contributed by atoms with Crippen LogP contribution in [0.3, 0.4) is 0 Å². The Morgan fingerprint density at radius 2 is 2.15 bits per heavy atom. The van der Waals surface area contributed by atoms with Gasteiger partial charge in [0.05, 0.1) is 17.2 Å². The summed E-state index contributed by atoms with van der Waals surface area (Å²) >= 11 is 0. The second kappa shape index (κ2) is 5.16. The first-order valence-corrected chi connectivity index (χ1v) is 6.32. The van der Waals surface area contributed by atoms with Crippen LogP contribution < -0.4 is 4.90 Å². The van der Waals surface area contributed by atoms with Gasteiger partial charge in [0.25, 0.3) is 0 Å². The normalized spacial score (nSPS) is 19.2. The van der Waals surface area contributed by atoms with Gasteiger partial charge in [0.15, 0.2) is 0 Å². The lowest BCUT2D eigenvalue weighted by molar-refractivity contribution is -0.137. The first-order valence-electron chi connectivity index (χ1n) is 6.32. The molecular weight excluding hydrogens is 269 g/mol. The molecule has 3 nitrogen and oxygen atoms in total. The number of halogens is 3. The van der Waals surface area contributed by atoms with Gasteiger partial charge in [-0.05, 0) is 31.0 Å². The van der Waals surface area contributed by atoms with Crippen molar-refractivity contribution in [3.8, 4) is 6.07 Å². The third-order valence-electron chi connectivity index (χ3n) is 3.50. The minimum Gasteiger partial charge on any atom is -0.309 e. The summed E-state index contributed by atoms with van der Waals surface area (Å²) in [5.41, 5.74) is -1.21. The van der Waals surface area contributed by atoms with Crippen LogP contribution in [0.25, 0.3) is 0 Å². The number of carbonyl (C=O) groups is 1. The van der Waals surface area contributed by atoms with E-state index < -0.39 is 17.3 Å². The number of rotatable bonds is 2. The van der Waals surface area contributed by atoms with E-state index >= 15 is 0 Å². The molecule has 0 radical (unpaired) electrons. The number of hydrogen-bond donors (Lipinski definition) is 0. The second-order valence-electron chi connectivity index (χ2n) is 4.70. The van der Waals surface area contributed by atoms with Gasteiger partial charge < -0.3 is 4.90 Å². The van der Waals surface area contributed by atoms with Crippen LogP contribution in [-0.4, -0.2) is 11.9 Å². The van der Waals surface area contributed by atoms with Gasteiger partial charge in [0.1, 0.15) is 0 Å². The number of carbonyl (C=O) groups excluding carboxylic acids is 1. The van der Waals surface area contributed by atoms with E-state index in [9.17, 15) is 18.0 Å². The summed E-state index contributed by atoms with van der Waals surface area (Å²) in [6, 6.07) is 4.88. The van der Waals surface area contributed by atoms with Crippen LogP contribution in [0.5, 0.6) is 0 Å². The topological polar surface area (TPSA) is 44.1 Å². The summed E-state index contributed by atoms with van der Waals surface area (Å²) in [5.74, 6) is -0.172. The van der Waals surface area contributed by atoms with Gasteiger partial charge in [-0.1, -0.05) is 6.92 Å². The maximum Gasteiger partial charge on any atom is 0.417 e. The molecule has 0 saturated carbocycles. The number of benzene rings is 1. The smallest absolute Gasteiger partial charge is 0.309 e. The Hall–Kier alpha value is -2.03. The molecule has 1 atom stereocenters. The number of hydrogen-bond acceptors (Lipinski definition) is 2. The van der Waals surface area contributed by atoms with Crippen molar-refractivity contribution in [3.05, 3.63) is 29.3 Å². The van der Waals surface area contributed by atoms with Crippen molar-refractivity contribution in [1.29, 1.82) is 5.26 Å². The Morgan fingerprint density at radius 3 is 2.70 bits per heavy atom. The summed E-state index contributed by atoms with van der Waals surface area (Å²) in [6.07, 6.45) is -2.92. The molecular formula is C14H13F3N2O. The molecule has 1 aliphatic heterocycles. The van der Waals surface area contributed by atoms with Gasteiger partial charge in [-0.2, -0.15) is 18.4 Å². The standard InChI is InChI=1S/C14H13F3N2O/c1-2-10-5-6-13(20)19(10)11-4-3-9(8-18)12(7-11)14(15,16)17/h3-4,7,10H,2,5-6H2,1H3. The van der Waals surface area contributed by atoms with E-state index in [-0.39, 0.29) is 17.6 Å². The summed E-state index contributed by atoms with van der Waals surface area (Å²) < 4.78 is 38.8. The molecule has 0 bridgehead atoms. The van der Waals surface area contributed by atoms with E-state index in [2.05, 4.69) is 0 Å². The average Bonchev–Trinajstić information content (AvgIpc) is 2.78. The molecule has 1 unspecified atom stereocenters. The third kappa shape index (κ3) is 2.48.